The van der Waals surface area contributed by atoms with Crippen LogP contribution in [0.5, 0.6) is 0 Å². The summed E-state index contributed by atoms with van der Waals surface area (Å²) in [7, 11) is 0. The molecule has 1 heterocycles. The number of anilines is 3. The Hall–Kier alpha value is -4.32. The van der Waals surface area contributed by atoms with Crippen LogP contribution in [0.25, 0.3) is 11.1 Å². The van der Waals surface area contributed by atoms with Crippen LogP contribution in [-0.2, 0) is 47.5 Å². The SMILES string of the molecule is CC(=O)N1c2ccc(-c3ccc(NC(=O)CCOCCOCCOCCOCCOCCOCCOCCNC(=O)OC(C)(C)C)cc3)cc2[C@H](Nc2ccc(Cl)cc2)C[C@@H]1C. The van der Waals surface area contributed by atoms with Gasteiger partial charge in [0.15, 0.2) is 0 Å². The summed E-state index contributed by atoms with van der Waals surface area (Å²) in [6, 6.07) is 21.6. The van der Waals surface area contributed by atoms with E-state index in [0.29, 0.717) is 103 Å². The molecule has 15 nitrogen and oxygen atoms in total. The summed E-state index contributed by atoms with van der Waals surface area (Å²) >= 11 is 6.12. The molecule has 3 aromatic rings. The van der Waals surface area contributed by atoms with Gasteiger partial charge >= 0.3 is 6.09 Å². The molecule has 3 amide bonds. The Balaban J connectivity index is 0.972. The zero-order chi connectivity index (χ0) is 44.6. The van der Waals surface area contributed by atoms with Crippen LogP contribution in [0.3, 0.4) is 0 Å². The van der Waals surface area contributed by atoms with E-state index >= 15 is 0 Å². The van der Waals surface area contributed by atoms with E-state index in [2.05, 4.69) is 28.9 Å². The van der Waals surface area contributed by atoms with Gasteiger partial charge in [-0.3, -0.25) is 9.59 Å². The third-order valence-electron chi connectivity index (χ3n) is 9.33. The number of ether oxygens (including phenoxy) is 8. The smallest absolute Gasteiger partial charge is 0.407 e. The zero-order valence-electron chi connectivity index (χ0n) is 36.8. The van der Waals surface area contributed by atoms with Crippen molar-refractivity contribution in [3.63, 3.8) is 0 Å². The molecule has 342 valence electrons. The lowest BCUT2D eigenvalue weighted by Crippen LogP contribution is -2.43. The van der Waals surface area contributed by atoms with Gasteiger partial charge in [-0.15, -0.1) is 0 Å². The first-order valence-electron chi connectivity index (χ1n) is 21.3. The summed E-state index contributed by atoms with van der Waals surface area (Å²) in [6.07, 6.45) is 0.512. The number of nitrogens with one attached hydrogen (secondary N) is 3. The number of hydrogen-bond donors (Lipinski definition) is 3. The molecule has 3 aromatic carbocycles. The predicted molar refractivity (Wildman–Crippen MR) is 240 cm³/mol. The first-order chi connectivity index (χ1) is 29.9. The van der Waals surface area contributed by atoms with E-state index in [4.69, 9.17) is 49.5 Å². The molecule has 62 heavy (non-hydrogen) atoms. The predicted octanol–water partition coefficient (Wildman–Crippen LogP) is 7.27. The lowest BCUT2D eigenvalue weighted by atomic mass is 9.89. The molecule has 3 N–H and O–H groups in total. The summed E-state index contributed by atoms with van der Waals surface area (Å²) in [6.45, 7) is 15.4. The highest BCUT2D eigenvalue weighted by atomic mass is 35.5. The second-order valence-electron chi connectivity index (χ2n) is 15.5. The Morgan fingerprint density at radius 1 is 0.661 bits per heavy atom. The molecule has 0 aromatic heterocycles. The van der Waals surface area contributed by atoms with Crippen molar-refractivity contribution < 1.29 is 52.3 Å². The Morgan fingerprint density at radius 2 is 1.15 bits per heavy atom. The van der Waals surface area contributed by atoms with E-state index < -0.39 is 11.7 Å². The minimum absolute atomic E-state index is 0.0000984. The molecule has 0 unspecified atom stereocenters. The van der Waals surface area contributed by atoms with E-state index in [1.165, 1.54) is 0 Å². The normalized spacial score (nSPS) is 14.9. The summed E-state index contributed by atoms with van der Waals surface area (Å²) in [4.78, 5) is 38.6. The average molecular weight is 885 g/mol. The standard InChI is InChI=1S/C46H65ClN4O11/c1-34-32-42(49-39-13-9-38(47)10-14-39)41-33-37(8-15-43(41)51(34)35(2)52)36-6-11-40(12-7-36)50-44(53)16-18-55-20-22-57-24-26-59-28-30-61-31-29-60-27-25-58-23-21-56-19-17-48-45(54)62-46(3,4)5/h6-15,33-34,42,49H,16-32H2,1-5H3,(H,48,54)(H,50,53)/t34-,42+/m0/s1. The van der Waals surface area contributed by atoms with Crippen LogP contribution in [0.1, 0.15) is 59.1 Å². The molecular formula is C46H65ClN4O11. The fourth-order valence-electron chi connectivity index (χ4n) is 6.50. The average Bonchev–Trinajstić information content (AvgIpc) is 3.22. The van der Waals surface area contributed by atoms with Gasteiger partial charge in [0, 0.05) is 41.6 Å². The number of rotatable bonds is 28. The van der Waals surface area contributed by atoms with E-state index in [9.17, 15) is 14.4 Å². The summed E-state index contributed by atoms with van der Waals surface area (Å²) in [5.74, 6) is -0.126. The molecule has 16 heteroatoms. The lowest BCUT2D eigenvalue weighted by Gasteiger charge is -2.39. The largest absolute Gasteiger partial charge is 0.444 e. The quantitative estimate of drug-likeness (QED) is 0.0626. The summed E-state index contributed by atoms with van der Waals surface area (Å²) < 4.78 is 43.6. The Labute approximate surface area is 371 Å². The van der Waals surface area contributed by atoms with E-state index in [-0.39, 0.29) is 36.9 Å². The van der Waals surface area contributed by atoms with Gasteiger partial charge in [-0.2, -0.15) is 0 Å². The van der Waals surface area contributed by atoms with Crippen molar-refractivity contribution in [2.75, 3.05) is 115 Å². The molecule has 4 rings (SSSR count). The number of amides is 3. The van der Waals surface area contributed by atoms with Crippen molar-refractivity contribution in [1.82, 2.24) is 5.32 Å². The van der Waals surface area contributed by atoms with Crippen LogP contribution in [-0.4, -0.2) is 129 Å². The Kier molecular flexibility index (Phi) is 22.5. The van der Waals surface area contributed by atoms with Gasteiger partial charge in [-0.1, -0.05) is 29.8 Å². The number of halogens is 1. The molecule has 0 saturated heterocycles. The molecule has 0 saturated carbocycles. The maximum Gasteiger partial charge on any atom is 0.407 e. The fourth-order valence-corrected chi connectivity index (χ4v) is 6.63. The van der Waals surface area contributed by atoms with E-state index in [0.717, 1.165) is 34.5 Å². The Morgan fingerprint density at radius 3 is 1.66 bits per heavy atom. The van der Waals surface area contributed by atoms with Gasteiger partial charge < -0.3 is 58.7 Å². The van der Waals surface area contributed by atoms with Crippen LogP contribution in [0.15, 0.2) is 66.7 Å². The minimum Gasteiger partial charge on any atom is -0.444 e. The van der Waals surface area contributed by atoms with Crippen LogP contribution in [0.4, 0.5) is 21.9 Å². The van der Waals surface area contributed by atoms with Crippen LogP contribution in [0.2, 0.25) is 5.02 Å². The van der Waals surface area contributed by atoms with Crippen LogP contribution >= 0.6 is 11.6 Å². The van der Waals surface area contributed by atoms with Gasteiger partial charge in [0.05, 0.1) is 105 Å². The number of carbonyl (C=O) groups excluding carboxylic acids is 3. The van der Waals surface area contributed by atoms with Crippen molar-refractivity contribution >= 4 is 46.6 Å². The molecule has 0 bridgehead atoms. The van der Waals surface area contributed by atoms with Gasteiger partial charge in [-0.05, 0) is 99.3 Å². The van der Waals surface area contributed by atoms with Crippen molar-refractivity contribution in [2.24, 2.45) is 0 Å². The number of nitrogens with zero attached hydrogens (tertiary/aromatic N) is 1. The lowest BCUT2D eigenvalue weighted by molar-refractivity contribution is -0.118. The van der Waals surface area contributed by atoms with Crippen LogP contribution in [0, 0.1) is 0 Å². The van der Waals surface area contributed by atoms with E-state index in [1.54, 1.807) is 6.92 Å². The van der Waals surface area contributed by atoms with Crippen LogP contribution < -0.4 is 20.9 Å². The summed E-state index contributed by atoms with van der Waals surface area (Å²) in [5.41, 5.74) is 5.09. The third-order valence-corrected chi connectivity index (χ3v) is 9.58. The fraction of sp³-hybridized carbons (Fsp3) is 0.543. The molecular weight excluding hydrogens is 820 g/mol. The third kappa shape index (κ3) is 19.4. The highest BCUT2D eigenvalue weighted by molar-refractivity contribution is 6.30. The van der Waals surface area contributed by atoms with Gasteiger partial charge in [0.25, 0.3) is 0 Å². The Bertz CT molecular complexity index is 1780. The maximum atomic E-state index is 12.6. The second-order valence-corrected chi connectivity index (χ2v) is 16.0. The number of carbonyl (C=O) groups is 3. The first kappa shape index (κ1) is 50.3. The number of alkyl carbamates (subject to hydrolysis) is 1. The van der Waals surface area contributed by atoms with Gasteiger partial charge in [0.2, 0.25) is 11.8 Å². The topological polar surface area (TPSA) is 164 Å². The van der Waals surface area contributed by atoms with Crippen molar-refractivity contribution in [3.8, 4) is 11.1 Å². The van der Waals surface area contributed by atoms with Crippen molar-refractivity contribution in [1.29, 1.82) is 0 Å². The summed E-state index contributed by atoms with van der Waals surface area (Å²) in [5, 5.41) is 9.88. The molecule has 0 radical (unpaired) electrons. The number of hydrogen-bond acceptors (Lipinski definition) is 12. The van der Waals surface area contributed by atoms with E-state index in [1.807, 2.05) is 86.3 Å². The second kappa shape index (κ2) is 27.7. The van der Waals surface area contributed by atoms with Gasteiger partial charge in [0.1, 0.15) is 5.60 Å². The zero-order valence-corrected chi connectivity index (χ0v) is 37.6. The van der Waals surface area contributed by atoms with Crippen molar-refractivity contribution in [3.05, 3.63) is 77.3 Å². The molecule has 0 spiro atoms. The molecule has 1 aliphatic rings. The highest BCUT2D eigenvalue weighted by Crippen LogP contribution is 2.41. The maximum absolute atomic E-state index is 12.6. The van der Waals surface area contributed by atoms with Crippen molar-refractivity contribution in [2.45, 2.75) is 65.1 Å². The molecule has 0 aliphatic carbocycles. The highest BCUT2D eigenvalue weighted by Gasteiger charge is 2.32. The number of fused-ring (bicyclic) bond motifs is 1. The first-order valence-corrected chi connectivity index (χ1v) is 21.6. The molecule has 1 aliphatic heterocycles. The molecule has 2 atom stereocenters. The minimum atomic E-state index is -0.524. The monoisotopic (exact) mass is 884 g/mol. The molecule has 0 fully saturated rings. The van der Waals surface area contributed by atoms with Gasteiger partial charge in [-0.25, -0.2) is 4.79 Å². The number of benzene rings is 3.